The fourth-order valence-electron chi connectivity index (χ4n) is 2.97. The number of rotatable bonds is 3. The van der Waals surface area contributed by atoms with Crippen molar-refractivity contribution < 1.29 is 4.74 Å². The molecule has 2 rings (SSSR count). The molecule has 0 aromatic heterocycles. The summed E-state index contributed by atoms with van der Waals surface area (Å²) < 4.78 is 7.07. The lowest BCUT2D eigenvalue weighted by Gasteiger charge is -2.32. The van der Waals surface area contributed by atoms with E-state index in [0.717, 1.165) is 17.3 Å². The molecule has 0 bridgehead atoms. The highest BCUT2D eigenvalue weighted by Gasteiger charge is 2.26. The van der Waals surface area contributed by atoms with Crippen LogP contribution in [-0.4, -0.2) is 11.9 Å². The zero-order chi connectivity index (χ0) is 14.0. The van der Waals surface area contributed by atoms with Gasteiger partial charge < -0.3 is 10.5 Å². The SMILES string of the molecule is CC1CC(C)CC(Oc2cc(Br)ccc2C(=N)N)C1. The number of amidine groups is 1. The summed E-state index contributed by atoms with van der Waals surface area (Å²) in [5, 5.41) is 7.63. The molecule has 0 radical (unpaired) electrons. The Morgan fingerprint density at radius 2 is 1.89 bits per heavy atom. The molecule has 1 aromatic rings. The van der Waals surface area contributed by atoms with Crippen LogP contribution < -0.4 is 10.5 Å². The summed E-state index contributed by atoms with van der Waals surface area (Å²) in [6.07, 6.45) is 3.66. The first-order valence-electron chi connectivity index (χ1n) is 6.76. The van der Waals surface area contributed by atoms with Crippen molar-refractivity contribution in [1.29, 1.82) is 5.41 Å². The maximum atomic E-state index is 7.63. The molecule has 1 aliphatic carbocycles. The van der Waals surface area contributed by atoms with E-state index in [1.807, 2.05) is 18.2 Å². The summed E-state index contributed by atoms with van der Waals surface area (Å²) >= 11 is 3.44. The van der Waals surface area contributed by atoms with Crippen molar-refractivity contribution in [3.8, 4) is 5.75 Å². The number of ether oxygens (including phenoxy) is 1. The maximum absolute atomic E-state index is 7.63. The molecular formula is C15H21BrN2O. The zero-order valence-electron chi connectivity index (χ0n) is 11.4. The Balaban J connectivity index is 2.18. The number of nitrogens with one attached hydrogen (secondary N) is 1. The predicted octanol–water partition coefficient (Wildman–Crippen LogP) is 3.94. The maximum Gasteiger partial charge on any atom is 0.131 e. The van der Waals surface area contributed by atoms with E-state index in [9.17, 15) is 0 Å². The fourth-order valence-corrected chi connectivity index (χ4v) is 3.31. The molecule has 0 aliphatic heterocycles. The molecule has 1 saturated carbocycles. The summed E-state index contributed by atoms with van der Waals surface area (Å²) in [5.41, 5.74) is 6.29. The monoisotopic (exact) mass is 324 g/mol. The minimum absolute atomic E-state index is 0.0550. The van der Waals surface area contributed by atoms with E-state index < -0.39 is 0 Å². The largest absolute Gasteiger partial charge is 0.490 e. The quantitative estimate of drug-likeness (QED) is 0.653. The normalized spacial score (nSPS) is 27.0. The second kappa shape index (κ2) is 5.95. The van der Waals surface area contributed by atoms with Crippen molar-refractivity contribution in [3.05, 3.63) is 28.2 Å². The molecule has 3 nitrogen and oxygen atoms in total. The van der Waals surface area contributed by atoms with Crippen molar-refractivity contribution in [2.75, 3.05) is 0 Å². The van der Waals surface area contributed by atoms with Gasteiger partial charge in [0.25, 0.3) is 0 Å². The molecule has 4 heteroatoms. The van der Waals surface area contributed by atoms with Crippen molar-refractivity contribution >= 4 is 21.8 Å². The van der Waals surface area contributed by atoms with Gasteiger partial charge in [-0.05, 0) is 49.3 Å². The molecule has 3 N–H and O–H groups in total. The Labute approximate surface area is 123 Å². The number of hydrogen-bond donors (Lipinski definition) is 2. The number of benzene rings is 1. The Kier molecular flexibility index (Phi) is 4.50. The molecule has 0 saturated heterocycles. The van der Waals surface area contributed by atoms with Gasteiger partial charge in [0.2, 0.25) is 0 Å². The van der Waals surface area contributed by atoms with Gasteiger partial charge in [0.15, 0.2) is 0 Å². The van der Waals surface area contributed by atoms with Crippen LogP contribution >= 0.6 is 15.9 Å². The Morgan fingerprint density at radius 3 is 2.47 bits per heavy atom. The number of halogens is 1. The first-order valence-corrected chi connectivity index (χ1v) is 7.55. The van der Waals surface area contributed by atoms with Crippen molar-refractivity contribution in [1.82, 2.24) is 0 Å². The standard InChI is InChI=1S/C15H21BrN2O/c1-9-5-10(2)7-12(6-9)19-14-8-11(16)3-4-13(14)15(17)18/h3-4,8-10,12H,5-7H2,1-2H3,(H3,17,18). The second-order valence-corrected chi connectivity index (χ2v) is 6.63. The van der Waals surface area contributed by atoms with E-state index in [4.69, 9.17) is 15.9 Å². The van der Waals surface area contributed by atoms with Crippen LogP contribution in [0.3, 0.4) is 0 Å². The molecule has 0 heterocycles. The second-order valence-electron chi connectivity index (χ2n) is 5.71. The van der Waals surface area contributed by atoms with Gasteiger partial charge in [-0.1, -0.05) is 29.8 Å². The first-order chi connectivity index (χ1) is 8.95. The third kappa shape index (κ3) is 3.72. The van der Waals surface area contributed by atoms with Crippen LogP contribution in [0.2, 0.25) is 0 Å². The molecule has 1 aromatic carbocycles. The smallest absolute Gasteiger partial charge is 0.131 e. The molecule has 2 atom stereocenters. The van der Waals surface area contributed by atoms with Crippen LogP contribution in [-0.2, 0) is 0 Å². The van der Waals surface area contributed by atoms with Gasteiger partial charge in [-0.2, -0.15) is 0 Å². The van der Waals surface area contributed by atoms with Crippen molar-refractivity contribution in [2.24, 2.45) is 17.6 Å². The Bertz CT molecular complexity index is 465. The van der Waals surface area contributed by atoms with Gasteiger partial charge in [0.1, 0.15) is 11.6 Å². The molecule has 0 spiro atoms. The van der Waals surface area contributed by atoms with E-state index in [2.05, 4.69) is 29.8 Å². The summed E-state index contributed by atoms with van der Waals surface area (Å²) in [4.78, 5) is 0. The topological polar surface area (TPSA) is 59.1 Å². The summed E-state index contributed by atoms with van der Waals surface area (Å²) in [7, 11) is 0. The third-order valence-corrected chi connectivity index (χ3v) is 4.16. The third-order valence-electron chi connectivity index (χ3n) is 3.66. The average Bonchev–Trinajstić information content (AvgIpc) is 2.26. The Hall–Kier alpha value is -1.03. The zero-order valence-corrected chi connectivity index (χ0v) is 13.0. The van der Waals surface area contributed by atoms with E-state index >= 15 is 0 Å². The number of nitrogen functional groups attached to an aromatic ring is 1. The minimum atomic E-state index is 0.0550. The molecule has 1 fully saturated rings. The lowest BCUT2D eigenvalue weighted by Crippen LogP contribution is -2.29. The van der Waals surface area contributed by atoms with Gasteiger partial charge >= 0.3 is 0 Å². The summed E-state index contributed by atoms with van der Waals surface area (Å²) in [5.74, 6) is 2.16. The van der Waals surface area contributed by atoms with Crippen molar-refractivity contribution in [3.63, 3.8) is 0 Å². The minimum Gasteiger partial charge on any atom is -0.490 e. The van der Waals surface area contributed by atoms with Gasteiger partial charge in [-0.25, -0.2) is 0 Å². The average molecular weight is 325 g/mol. The summed E-state index contributed by atoms with van der Waals surface area (Å²) in [6, 6.07) is 5.62. The number of hydrogen-bond acceptors (Lipinski definition) is 2. The molecule has 19 heavy (non-hydrogen) atoms. The first kappa shape index (κ1) is 14.4. The van der Waals surface area contributed by atoms with Crippen LogP contribution in [0.4, 0.5) is 0 Å². The lowest BCUT2D eigenvalue weighted by molar-refractivity contribution is 0.101. The Morgan fingerprint density at radius 1 is 1.26 bits per heavy atom. The van der Waals surface area contributed by atoms with Crippen LogP contribution in [0.5, 0.6) is 5.75 Å². The van der Waals surface area contributed by atoms with Gasteiger partial charge in [0, 0.05) is 4.47 Å². The molecule has 0 amide bonds. The van der Waals surface area contributed by atoms with E-state index in [1.54, 1.807) is 0 Å². The van der Waals surface area contributed by atoms with Crippen LogP contribution in [0.1, 0.15) is 38.7 Å². The van der Waals surface area contributed by atoms with Gasteiger partial charge in [-0.3, -0.25) is 5.41 Å². The van der Waals surface area contributed by atoms with E-state index in [0.29, 0.717) is 23.1 Å². The fraction of sp³-hybridized carbons (Fsp3) is 0.533. The van der Waals surface area contributed by atoms with Gasteiger partial charge in [-0.15, -0.1) is 0 Å². The summed E-state index contributed by atoms with van der Waals surface area (Å²) in [6.45, 7) is 4.55. The number of nitrogens with two attached hydrogens (primary N) is 1. The van der Waals surface area contributed by atoms with E-state index in [1.165, 1.54) is 6.42 Å². The van der Waals surface area contributed by atoms with Gasteiger partial charge in [0.05, 0.1) is 11.7 Å². The lowest BCUT2D eigenvalue weighted by atomic mass is 9.82. The van der Waals surface area contributed by atoms with Crippen molar-refractivity contribution in [2.45, 2.75) is 39.2 Å². The van der Waals surface area contributed by atoms with Crippen LogP contribution in [0.15, 0.2) is 22.7 Å². The molecular weight excluding hydrogens is 304 g/mol. The van der Waals surface area contributed by atoms with E-state index in [-0.39, 0.29) is 11.9 Å². The van der Waals surface area contributed by atoms with Crippen LogP contribution in [0.25, 0.3) is 0 Å². The highest BCUT2D eigenvalue weighted by Crippen LogP contribution is 2.33. The highest BCUT2D eigenvalue weighted by atomic mass is 79.9. The molecule has 1 aliphatic rings. The molecule has 104 valence electrons. The highest BCUT2D eigenvalue weighted by molar-refractivity contribution is 9.10. The predicted molar refractivity (Wildman–Crippen MR) is 81.8 cm³/mol. The van der Waals surface area contributed by atoms with Crippen LogP contribution in [0, 0.1) is 17.2 Å². The molecule has 2 unspecified atom stereocenters.